The van der Waals surface area contributed by atoms with Gasteiger partial charge in [0, 0.05) is 0 Å². The number of ether oxygens (including phenoxy) is 2. The summed E-state index contributed by atoms with van der Waals surface area (Å²) in [4.78, 5) is 10.6. The maximum absolute atomic E-state index is 12.0. The summed E-state index contributed by atoms with van der Waals surface area (Å²) in [5.74, 6) is -0.967. The number of rotatable bonds is 6. The smallest absolute Gasteiger partial charge is 0.306 e. The minimum Gasteiger partial charge on any atom is -0.481 e. The first kappa shape index (κ1) is 16.9. The third-order valence-electron chi connectivity index (χ3n) is 3.16. The van der Waals surface area contributed by atoms with Crippen molar-refractivity contribution in [1.29, 1.82) is 0 Å². The Bertz CT molecular complexity index is 601. The van der Waals surface area contributed by atoms with Crippen molar-refractivity contribution < 1.29 is 32.0 Å². The molecule has 1 N–H and O–H groups in total. The Hall–Kier alpha value is -1.48. The molecule has 1 heterocycles. The molecule has 1 fully saturated rings. The lowest BCUT2D eigenvalue weighted by Gasteiger charge is -2.28. The largest absolute Gasteiger partial charge is 0.481 e. The lowest BCUT2D eigenvalue weighted by Crippen LogP contribution is -2.39. The Morgan fingerprint density at radius 3 is 2.36 bits per heavy atom. The van der Waals surface area contributed by atoms with Crippen LogP contribution in [-0.4, -0.2) is 51.5 Å². The fourth-order valence-electron chi connectivity index (χ4n) is 1.93. The zero-order chi connectivity index (χ0) is 16.2. The Kier molecular flexibility index (Phi) is 5.52. The number of carboxylic acids is 1. The first-order chi connectivity index (χ1) is 10.4. The van der Waals surface area contributed by atoms with Crippen LogP contribution in [0.4, 0.5) is 0 Å². The van der Waals surface area contributed by atoms with Gasteiger partial charge < -0.3 is 14.6 Å². The topological polar surface area (TPSA) is 99.1 Å². The van der Waals surface area contributed by atoms with E-state index >= 15 is 0 Å². The summed E-state index contributed by atoms with van der Waals surface area (Å²) in [6, 6.07) is 6.33. The molecule has 1 aliphatic rings. The van der Waals surface area contributed by atoms with Crippen molar-refractivity contribution >= 4 is 16.1 Å². The van der Waals surface area contributed by atoms with Crippen molar-refractivity contribution in [2.45, 2.75) is 30.4 Å². The fourth-order valence-corrected chi connectivity index (χ4v) is 2.87. The van der Waals surface area contributed by atoms with Crippen LogP contribution >= 0.6 is 0 Å². The summed E-state index contributed by atoms with van der Waals surface area (Å²) >= 11 is 0. The highest BCUT2D eigenvalue weighted by atomic mass is 32.2. The monoisotopic (exact) mass is 330 g/mol. The fraction of sp³-hybridized carbons (Fsp3) is 0.500. The van der Waals surface area contributed by atoms with Crippen LogP contribution in [0.25, 0.3) is 0 Å². The molecule has 0 saturated carbocycles. The van der Waals surface area contributed by atoms with E-state index in [1.54, 1.807) is 12.1 Å². The van der Waals surface area contributed by atoms with E-state index in [0.717, 1.165) is 5.56 Å². The Labute approximate surface area is 128 Å². The second kappa shape index (κ2) is 7.19. The molecule has 0 aromatic heterocycles. The third kappa shape index (κ3) is 4.77. The molecule has 0 radical (unpaired) electrons. The van der Waals surface area contributed by atoms with Gasteiger partial charge in [0.2, 0.25) is 0 Å². The summed E-state index contributed by atoms with van der Waals surface area (Å²) < 4.78 is 39.6. The molecule has 22 heavy (non-hydrogen) atoms. The van der Waals surface area contributed by atoms with Crippen molar-refractivity contribution in [1.82, 2.24) is 0 Å². The van der Waals surface area contributed by atoms with E-state index in [9.17, 15) is 13.2 Å². The maximum Gasteiger partial charge on any atom is 0.306 e. The number of hydrogen-bond acceptors (Lipinski definition) is 6. The van der Waals surface area contributed by atoms with Gasteiger partial charge in [0.05, 0.1) is 37.2 Å². The van der Waals surface area contributed by atoms with Gasteiger partial charge in [0.15, 0.2) is 0 Å². The van der Waals surface area contributed by atoms with Crippen LogP contribution < -0.4 is 0 Å². The molecule has 0 spiro atoms. The Morgan fingerprint density at radius 1 is 1.23 bits per heavy atom. The quantitative estimate of drug-likeness (QED) is 0.776. The van der Waals surface area contributed by atoms with Crippen molar-refractivity contribution in [3.05, 3.63) is 29.8 Å². The second-order valence-corrected chi connectivity index (χ2v) is 6.68. The number of aliphatic carboxylic acids is 1. The molecule has 122 valence electrons. The predicted octanol–water partition coefficient (Wildman–Crippen LogP) is 0.959. The van der Waals surface area contributed by atoms with Crippen molar-refractivity contribution in [2.75, 3.05) is 19.8 Å². The van der Waals surface area contributed by atoms with E-state index in [4.69, 9.17) is 18.8 Å². The minimum atomic E-state index is -3.84. The number of carbonyl (C=O) groups is 1. The van der Waals surface area contributed by atoms with Crippen LogP contribution in [0.3, 0.4) is 0 Å². The highest BCUT2D eigenvalue weighted by Gasteiger charge is 2.26. The first-order valence-electron chi connectivity index (χ1n) is 6.78. The molecule has 1 aromatic rings. The Morgan fingerprint density at radius 2 is 1.82 bits per heavy atom. The molecule has 2 rings (SSSR count). The molecule has 2 atom stereocenters. The summed E-state index contributed by atoms with van der Waals surface area (Å²) in [5.41, 5.74) is 0.951. The van der Waals surface area contributed by atoms with Gasteiger partial charge in [0.1, 0.15) is 6.10 Å². The average Bonchev–Trinajstić information content (AvgIpc) is 2.46. The van der Waals surface area contributed by atoms with E-state index in [-0.39, 0.29) is 31.1 Å². The molecular formula is C14H18O7S. The van der Waals surface area contributed by atoms with Gasteiger partial charge in [0.25, 0.3) is 10.1 Å². The molecule has 0 unspecified atom stereocenters. The van der Waals surface area contributed by atoms with Gasteiger partial charge in [-0.3, -0.25) is 8.98 Å². The van der Waals surface area contributed by atoms with Crippen molar-refractivity contribution in [2.24, 2.45) is 0 Å². The summed E-state index contributed by atoms with van der Waals surface area (Å²) in [6.45, 7) is 1.89. The van der Waals surface area contributed by atoms with Crippen molar-refractivity contribution in [3.63, 3.8) is 0 Å². The van der Waals surface area contributed by atoms with E-state index in [2.05, 4.69) is 0 Å². The van der Waals surface area contributed by atoms with Crippen LogP contribution in [0.5, 0.6) is 0 Å². The van der Waals surface area contributed by atoms with Gasteiger partial charge in [-0.2, -0.15) is 8.42 Å². The molecule has 0 amide bonds. The van der Waals surface area contributed by atoms with Gasteiger partial charge in [-0.25, -0.2) is 0 Å². The SMILES string of the molecule is Cc1ccc(S(=O)(=O)OC[C@@H]2CO[C@@H](CC(=O)O)CO2)cc1. The summed E-state index contributed by atoms with van der Waals surface area (Å²) in [7, 11) is -3.84. The van der Waals surface area contributed by atoms with E-state index in [1.165, 1.54) is 12.1 Å². The summed E-state index contributed by atoms with van der Waals surface area (Å²) in [6.07, 6.45) is -1.19. The van der Waals surface area contributed by atoms with E-state index in [1.807, 2.05) is 6.92 Å². The minimum absolute atomic E-state index is 0.0820. The van der Waals surface area contributed by atoms with Crippen LogP contribution in [0, 0.1) is 6.92 Å². The van der Waals surface area contributed by atoms with Crippen LogP contribution in [0.2, 0.25) is 0 Å². The van der Waals surface area contributed by atoms with E-state index < -0.39 is 28.3 Å². The normalized spacial score (nSPS) is 22.4. The van der Waals surface area contributed by atoms with Crippen LogP contribution in [0.1, 0.15) is 12.0 Å². The van der Waals surface area contributed by atoms with Gasteiger partial charge in [-0.15, -0.1) is 0 Å². The number of benzene rings is 1. The van der Waals surface area contributed by atoms with Gasteiger partial charge in [-0.05, 0) is 19.1 Å². The maximum atomic E-state index is 12.0. The highest BCUT2D eigenvalue weighted by Crippen LogP contribution is 2.16. The molecule has 1 saturated heterocycles. The van der Waals surface area contributed by atoms with Crippen LogP contribution in [0.15, 0.2) is 29.2 Å². The standard InChI is InChI=1S/C14H18O7S/c1-10-2-4-13(5-3-10)22(17,18)21-9-12-8-19-11(7-20-12)6-14(15)16/h2-5,11-12H,6-9H2,1H3,(H,15,16)/t11-,12-/m0/s1. The number of aryl methyl sites for hydroxylation is 1. The van der Waals surface area contributed by atoms with Crippen molar-refractivity contribution in [3.8, 4) is 0 Å². The lowest BCUT2D eigenvalue weighted by atomic mass is 10.2. The lowest BCUT2D eigenvalue weighted by molar-refractivity contribution is -0.159. The zero-order valence-corrected chi connectivity index (χ0v) is 12.9. The summed E-state index contributed by atoms with van der Waals surface area (Å²) in [5, 5.41) is 8.65. The Balaban J connectivity index is 1.83. The number of carboxylic acid groups (broad SMARTS) is 1. The highest BCUT2D eigenvalue weighted by molar-refractivity contribution is 7.86. The molecular weight excluding hydrogens is 312 g/mol. The first-order valence-corrected chi connectivity index (χ1v) is 8.19. The van der Waals surface area contributed by atoms with Gasteiger partial charge >= 0.3 is 5.97 Å². The van der Waals surface area contributed by atoms with Gasteiger partial charge in [-0.1, -0.05) is 17.7 Å². The molecule has 8 heteroatoms. The average molecular weight is 330 g/mol. The molecule has 1 aliphatic heterocycles. The van der Waals surface area contributed by atoms with E-state index in [0.29, 0.717) is 0 Å². The molecule has 0 aliphatic carbocycles. The zero-order valence-electron chi connectivity index (χ0n) is 12.1. The predicted molar refractivity (Wildman–Crippen MR) is 76.0 cm³/mol. The molecule has 1 aromatic carbocycles. The molecule has 7 nitrogen and oxygen atoms in total. The number of hydrogen-bond donors (Lipinski definition) is 1. The molecule has 0 bridgehead atoms. The third-order valence-corrected chi connectivity index (χ3v) is 4.45. The van der Waals surface area contributed by atoms with Crippen LogP contribution in [-0.2, 0) is 28.6 Å². The second-order valence-electron chi connectivity index (χ2n) is 5.06.